The summed E-state index contributed by atoms with van der Waals surface area (Å²) in [5.41, 5.74) is 0. The lowest BCUT2D eigenvalue weighted by Gasteiger charge is -2.31. The SMILES string of the molecule is C[C@H]1C[C@H](N2CCOCC2)CN1. The van der Waals surface area contributed by atoms with E-state index in [1.54, 1.807) is 0 Å². The molecule has 2 heterocycles. The number of hydrogen-bond acceptors (Lipinski definition) is 3. The molecule has 0 aromatic heterocycles. The molecule has 0 amide bonds. The molecule has 2 aliphatic rings. The van der Waals surface area contributed by atoms with Crippen molar-refractivity contribution in [2.24, 2.45) is 0 Å². The van der Waals surface area contributed by atoms with Crippen LogP contribution in [0.4, 0.5) is 0 Å². The molecule has 0 aromatic carbocycles. The van der Waals surface area contributed by atoms with Crippen molar-refractivity contribution in [1.82, 2.24) is 10.2 Å². The maximum absolute atomic E-state index is 5.32. The Morgan fingerprint density at radius 2 is 2.08 bits per heavy atom. The van der Waals surface area contributed by atoms with E-state index in [9.17, 15) is 0 Å². The minimum Gasteiger partial charge on any atom is -0.379 e. The molecule has 0 bridgehead atoms. The highest BCUT2D eigenvalue weighted by Crippen LogP contribution is 2.14. The fourth-order valence-electron chi connectivity index (χ4n) is 2.13. The Balaban J connectivity index is 1.83. The van der Waals surface area contributed by atoms with Crippen molar-refractivity contribution < 1.29 is 4.74 Å². The van der Waals surface area contributed by atoms with Crippen molar-refractivity contribution in [1.29, 1.82) is 0 Å². The van der Waals surface area contributed by atoms with Crippen molar-refractivity contribution in [3.05, 3.63) is 0 Å². The van der Waals surface area contributed by atoms with Crippen molar-refractivity contribution >= 4 is 0 Å². The van der Waals surface area contributed by atoms with Gasteiger partial charge in [0.1, 0.15) is 0 Å². The Hall–Kier alpha value is -0.120. The molecule has 2 aliphatic heterocycles. The zero-order chi connectivity index (χ0) is 8.39. The molecule has 2 saturated heterocycles. The summed E-state index contributed by atoms with van der Waals surface area (Å²) in [4.78, 5) is 2.56. The van der Waals surface area contributed by atoms with Gasteiger partial charge in [0, 0.05) is 31.7 Å². The van der Waals surface area contributed by atoms with Crippen LogP contribution in [-0.2, 0) is 4.74 Å². The molecular formula is C9H18N2O. The predicted octanol–water partition coefficient (Wildman–Crippen LogP) is 0.0690. The predicted molar refractivity (Wildman–Crippen MR) is 48.3 cm³/mol. The first-order valence-corrected chi connectivity index (χ1v) is 4.91. The molecule has 0 spiro atoms. The summed E-state index contributed by atoms with van der Waals surface area (Å²) in [7, 11) is 0. The number of nitrogens with zero attached hydrogens (tertiary/aromatic N) is 1. The largest absolute Gasteiger partial charge is 0.379 e. The number of ether oxygens (including phenoxy) is 1. The van der Waals surface area contributed by atoms with E-state index in [1.807, 2.05) is 0 Å². The molecule has 2 rings (SSSR count). The molecule has 2 atom stereocenters. The quantitative estimate of drug-likeness (QED) is 0.602. The minimum absolute atomic E-state index is 0.706. The van der Waals surface area contributed by atoms with Crippen molar-refractivity contribution in [2.45, 2.75) is 25.4 Å². The average molecular weight is 170 g/mol. The zero-order valence-corrected chi connectivity index (χ0v) is 7.75. The van der Waals surface area contributed by atoms with Gasteiger partial charge in [-0.1, -0.05) is 0 Å². The first kappa shape index (κ1) is 8.48. The van der Waals surface area contributed by atoms with E-state index >= 15 is 0 Å². The van der Waals surface area contributed by atoms with Crippen LogP contribution in [0.5, 0.6) is 0 Å². The van der Waals surface area contributed by atoms with Gasteiger partial charge in [0.05, 0.1) is 13.2 Å². The van der Waals surface area contributed by atoms with Gasteiger partial charge < -0.3 is 10.1 Å². The molecule has 12 heavy (non-hydrogen) atoms. The molecule has 2 fully saturated rings. The summed E-state index contributed by atoms with van der Waals surface area (Å²) >= 11 is 0. The van der Waals surface area contributed by atoms with E-state index in [2.05, 4.69) is 17.1 Å². The van der Waals surface area contributed by atoms with Crippen LogP contribution in [0, 0.1) is 0 Å². The van der Waals surface area contributed by atoms with Gasteiger partial charge in [-0.2, -0.15) is 0 Å². The molecule has 3 heteroatoms. The molecule has 0 aliphatic carbocycles. The fourth-order valence-corrected chi connectivity index (χ4v) is 2.13. The average Bonchev–Trinajstić information content (AvgIpc) is 2.54. The molecule has 3 nitrogen and oxygen atoms in total. The second kappa shape index (κ2) is 3.73. The topological polar surface area (TPSA) is 24.5 Å². The van der Waals surface area contributed by atoms with Crippen LogP contribution in [0.15, 0.2) is 0 Å². The van der Waals surface area contributed by atoms with Crippen LogP contribution >= 0.6 is 0 Å². The van der Waals surface area contributed by atoms with Gasteiger partial charge in [-0.15, -0.1) is 0 Å². The lowest BCUT2D eigenvalue weighted by molar-refractivity contribution is 0.0202. The summed E-state index contributed by atoms with van der Waals surface area (Å²) in [5.74, 6) is 0. The fraction of sp³-hybridized carbons (Fsp3) is 1.00. The Morgan fingerprint density at radius 3 is 2.67 bits per heavy atom. The summed E-state index contributed by atoms with van der Waals surface area (Å²) in [6.45, 7) is 7.52. The second-order valence-corrected chi connectivity index (χ2v) is 3.85. The Morgan fingerprint density at radius 1 is 1.33 bits per heavy atom. The van der Waals surface area contributed by atoms with Crippen LogP contribution in [0.1, 0.15) is 13.3 Å². The summed E-state index contributed by atoms with van der Waals surface area (Å²) in [6.07, 6.45) is 1.31. The van der Waals surface area contributed by atoms with Gasteiger partial charge in [0.25, 0.3) is 0 Å². The van der Waals surface area contributed by atoms with Gasteiger partial charge >= 0.3 is 0 Å². The molecule has 0 unspecified atom stereocenters. The maximum atomic E-state index is 5.32. The van der Waals surface area contributed by atoms with Gasteiger partial charge in [-0.3, -0.25) is 4.90 Å². The molecule has 0 aromatic rings. The van der Waals surface area contributed by atoms with Gasteiger partial charge in [0.15, 0.2) is 0 Å². The van der Waals surface area contributed by atoms with E-state index in [1.165, 1.54) is 13.0 Å². The third kappa shape index (κ3) is 1.79. The van der Waals surface area contributed by atoms with Crippen LogP contribution < -0.4 is 5.32 Å². The van der Waals surface area contributed by atoms with Gasteiger partial charge in [-0.05, 0) is 13.3 Å². The Kier molecular flexibility index (Phi) is 2.63. The first-order valence-electron chi connectivity index (χ1n) is 4.91. The van der Waals surface area contributed by atoms with Crippen LogP contribution in [0.2, 0.25) is 0 Å². The Bertz CT molecular complexity index is 143. The summed E-state index contributed by atoms with van der Waals surface area (Å²) < 4.78 is 5.32. The summed E-state index contributed by atoms with van der Waals surface area (Å²) in [5, 5.41) is 3.48. The lowest BCUT2D eigenvalue weighted by Crippen LogP contribution is -2.44. The second-order valence-electron chi connectivity index (χ2n) is 3.85. The van der Waals surface area contributed by atoms with Crippen molar-refractivity contribution in [3.63, 3.8) is 0 Å². The van der Waals surface area contributed by atoms with Crippen molar-refractivity contribution in [2.75, 3.05) is 32.8 Å². The molecular weight excluding hydrogens is 152 g/mol. The molecule has 0 saturated carbocycles. The molecule has 0 radical (unpaired) electrons. The van der Waals surface area contributed by atoms with E-state index in [4.69, 9.17) is 4.74 Å². The highest BCUT2D eigenvalue weighted by Gasteiger charge is 2.27. The van der Waals surface area contributed by atoms with Crippen LogP contribution in [-0.4, -0.2) is 49.8 Å². The maximum Gasteiger partial charge on any atom is 0.0594 e. The third-order valence-electron chi connectivity index (χ3n) is 2.89. The van der Waals surface area contributed by atoms with E-state index < -0.39 is 0 Å². The first-order chi connectivity index (χ1) is 5.86. The number of hydrogen-bond donors (Lipinski definition) is 1. The van der Waals surface area contributed by atoms with Gasteiger partial charge in [0.2, 0.25) is 0 Å². The van der Waals surface area contributed by atoms with E-state index in [0.29, 0.717) is 6.04 Å². The highest BCUT2D eigenvalue weighted by molar-refractivity contribution is 4.86. The smallest absolute Gasteiger partial charge is 0.0594 e. The van der Waals surface area contributed by atoms with Crippen LogP contribution in [0.3, 0.4) is 0 Å². The van der Waals surface area contributed by atoms with E-state index in [0.717, 1.165) is 32.3 Å². The highest BCUT2D eigenvalue weighted by atomic mass is 16.5. The number of rotatable bonds is 1. The monoisotopic (exact) mass is 170 g/mol. The van der Waals surface area contributed by atoms with Gasteiger partial charge in [-0.25, -0.2) is 0 Å². The Labute approximate surface area is 74.1 Å². The summed E-state index contributed by atoms with van der Waals surface area (Å²) in [6, 6.07) is 1.47. The number of nitrogens with one attached hydrogen (secondary N) is 1. The normalized spacial score (nSPS) is 38.8. The number of morpholine rings is 1. The standard InChI is InChI=1S/C9H18N2O/c1-8-6-9(7-10-8)11-2-4-12-5-3-11/h8-10H,2-7H2,1H3/t8-,9-/m0/s1. The molecule has 70 valence electrons. The van der Waals surface area contributed by atoms with Crippen LogP contribution in [0.25, 0.3) is 0 Å². The molecule has 1 N–H and O–H groups in total. The lowest BCUT2D eigenvalue weighted by atomic mass is 10.1. The van der Waals surface area contributed by atoms with Crippen molar-refractivity contribution in [3.8, 4) is 0 Å². The van der Waals surface area contributed by atoms with E-state index in [-0.39, 0.29) is 0 Å². The minimum atomic E-state index is 0.706. The zero-order valence-electron chi connectivity index (χ0n) is 7.75. The third-order valence-corrected chi connectivity index (χ3v) is 2.89.